The van der Waals surface area contributed by atoms with E-state index in [9.17, 15) is 4.79 Å². The molecule has 0 atom stereocenters. The summed E-state index contributed by atoms with van der Waals surface area (Å²) < 4.78 is 5.90. The molecule has 22 heavy (non-hydrogen) atoms. The summed E-state index contributed by atoms with van der Waals surface area (Å²) in [6.07, 6.45) is 3.61. The topological polar surface area (TPSA) is 50.1 Å². The van der Waals surface area contributed by atoms with Crippen LogP contribution in [0.2, 0.25) is 0 Å². The van der Waals surface area contributed by atoms with Crippen molar-refractivity contribution in [3.63, 3.8) is 0 Å². The number of Topliss-reactive ketones (excluding diaryl/α,β-unsaturated/α-hetero) is 1. The van der Waals surface area contributed by atoms with Gasteiger partial charge in [0, 0.05) is 48.9 Å². The van der Waals surface area contributed by atoms with E-state index in [2.05, 4.69) is 0 Å². The first kappa shape index (κ1) is 17.7. The second-order valence-corrected chi connectivity index (χ2v) is 6.26. The van der Waals surface area contributed by atoms with Crippen molar-refractivity contribution in [3.8, 4) is 10.8 Å². The average molecular weight is 525 g/mol. The molecular formula is C17H16AcNO2S-. The third-order valence-corrected chi connectivity index (χ3v) is 4.78. The Morgan fingerprint density at radius 1 is 1.23 bits per heavy atom. The van der Waals surface area contributed by atoms with E-state index >= 15 is 0 Å². The molecule has 1 heterocycles. The van der Waals surface area contributed by atoms with Crippen LogP contribution < -0.4 is 4.74 Å². The van der Waals surface area contributed by atoms with Crippen LogP contribution in [0.4, 0.5) is 5.69 Å². The van der Waals surface area contributed by atoms with Gasteiger partial charge in [0.25, 0.3) is 0 Å². The Bertz CT molecular complexity index is 732. The van der Waals surface area contributed by atoms with Crippen molar-refractivity contribution in [1.29, 1.82) is 0 Å². The van der Waals surface area contributed by atoms with Gasteiger partial charge < -0.3 is 10.5 Å². The standard InChI is InChI=1S/C17H16NO2S.Ac/c1-3-11-4-9-14-10(2)21-17(15(14)16(11)19)20-13-7-5-12(18)6-8-13;/h3,5-8,18H,4,9H2,1-2H3;/q-1;/b11-3+;. The van der Waals surface area contributed by atoms with E-state index in [-0.39, 0.29) is 49.8 Å². The first-order valence-electron chi connectivity index (χ1n) is 6.92. The van der Waals surface area contributed by atoms with Crippen LogP contribution in [0.15, 0.2) is 35.9 Å². The summed E-state index contributed by atoms with van der Waals surface area (Å²) in [5.74, 6) is 0.755. The Morgan fingerprint density at radius 3 is 2.55 bits per heavy atom. The van der Waals surface area contributed by atoms with Crippen LogP contribution in [-0.4, -0.2) is 5.78 Å². The van der Waals surface area contributed by atoms with Crippen LogP contribution in [0, 0.1) is 51.0 Å². The van der Waals surface area contributed by atoms with E-state index in [0.29, 0.717) is 16.5 Å². The van der Waals surface area contributed by atoms with Crippen molar-refractivity contribution < 1.29 is 53.6 Å². The first-order valence-corrected chi connectivity index (χ1v) is 7.73. The second kappa shape index (κ2) is 7.30. The molecule has 0 aliphatic heterocycles. The Hall–Kier alpha value is -0.628. The number of ether oxygens (including phenoxy) is 1. The molecule has 0 unspecified atom stereocenters. The maximum Gasteiger partial charge on any atom is 0.193 e. The number of carbonyl (C=O) groups is 1. The van der Waals surface area contributed by atoms with E-state index in [1.165, 1.54) is 11.3 Å². The zero-order valence-corrected chi connectivity index (χ0v) is 18.2. The van der Waals surface area contributed by atoms with Gasteiger partial charge in [-0.05, 0) is 50.0 Å². The summed E-state index contributed by atoms with van der Waals surface area (Å²) in [5, 5.41) is 0.671. The van der Waals surface area contributed by atoms with Gasteiger partial charge in [0.05, 0.1) is 5.56 Å². The van der Waals surface area contributed by atoms with Crippen LogP contribution in [0.3, 0.4) is 0 Å². The largest absolute Gasteiger partial charge is 0.699 e. The monoisotopic (exact) mass is 525 g/mol. The summed E-state index contributed by atoms with van der Waals surface area (Å²) in [7, 11) is 0. The fourth-order valence-electron chi connectivity index (χ4n) is 2.59. The quantitative estimate of drug-likeness (QED) is 0.479. The number of fused-ring (bicyclic) bond motifs is 1. The minimum absolute atomic E-state index is 0. The van der Waals surface area contributed by atoms with Crippen molar-refractivity contribution in [2.75, 3.05) is 0 Å². The third-order valence-electron chi connectivity index (χ3n) is 3.75. The van der Waals surface area contributed by atoms with Crippen LogP contribution in [0.5, 0.6) is 10.8 Å². The molecular weight excluding hydrogens is 509 g/mol. The summed E-state index contributed by atoms with van der Waals surface area (Å²) >= 11 is 1.53. The Kier molecular flexibility index (Phi) is 5.88. The van der Waals surface area contributed by atoms with E-state index < -0.39 is 0 Å². The minimum Gasteiger partial charge on any atom is -0.699 e. The molecule has 111 valence electrons. The zero-order valence-electron chi connectivity index (χ0n) is 12.6. The van der Waals surface area contributed by atoms with Crippen molar-refractivity contribution in [2.24, 2.45) is 0 Å². The summed E-state index contributed by atoms with van der Waals surface area (Å²) in [5.41, 5.74) is 10.7. The number of rotatable bonds is 2. The van der Waals surface area contributed by atoms with Crippen molar-refractivity contribution in [2.45, 2.75) is 26.7 Å². The average Bonchev–Trinajstić information content (AvgIpc) is 2.79. The normalized spacial score (nSPS) is 15.4. The van der Waals surface area contributed by atoms with Gasteiger partial charge in [0.15, 0.2) is 10.8 Å². The molecule has 0 fully saturated rings. The molecule has 2 aromatic rings. The van der Waals surface area contributed by atoms with E-state index in [0.717, 1.165) is 34.4 Å². The summed E-state index contributed by atoms with van der Waals surface area (Å²) in [4.78, 5) is 13.7. The summed E-state index contributed by atoms with van der Waals surface area (Å²) in [6.45, 7) is 3.95. The second-order valence-electron chi connectivity index (χ2n) is 5.07. The predicted molar refractivity (Wildman–Crippen MR) is 86.0 cm³/mol. The van der Waals surface area contributed by atoms with Crippen molar-refractivity contribution in [1.82, 2.24) is 0 Å². The van der Waals surface area contributed by atoms with E-state index in [4.69, 9.17) is 10.5 Å². The van der Waals surface area contributed by atoms with Gasteiger partial charge in [-0.2, -0.15) is 0 Å². The molecule has 0 saturated heterocycles. The smallest absolute Gasteiger partial charge is 0.193 e. The van der Waals surface area contributed by atoms with Crippen LogP contribution in [0.25, 0.3) is 5.73 Å². The van der Waals surface area contributed by atoms with Crippen LogP contribution >= 0.6 is 11.3 Å². The Labute approximate surface area is 170 Å². The Balaban J connectivity index is 0.00000176. The van der Waals surface area contributed by atoms with Gasteiger partial charge >= 0.3 is 0 Å². The molecule has 5 heteroatoms. The van der Waals surface area contributed by atoms with Crippen molar-refractivity contribution >= 4 is 22.8 Å². The SMILES string of the molecule is C/C=C1\CCc2c(C)sc(Oc3ccc([NH-])cc3)c2C1=O.[Ac]. The van der Waals surface area contributed by atoms with Crippen molar-refractivity contribution in [3.05, 3.63) is 57.7 Å². The molecule has 1 aromatic heterocycles. The van der Waals surface area contributed by atoms with Crippen LogP contribution in [0.1, 0.15) is 34.1 Å². The van der Waals surface area contributed by atoms with Gasteiger partial charge in [0.1, 0.15) is 5.75 Å². The number of hydrogen-bond donors (Lipinski definition) is 0. The number of aryl methyl sites for hydroxylation is 1. The molecule has 0 amide bonds. The number of ketones is 1. The molecule has 3 rings (SSSR count). The summed E-state index contributed by atoms with van der Waals surface area (Å²) in [6, 6.07) is 6.88. The number of hydrogen-bond acceptors (Lipinski definition) is 3. The number of nitrogens with one attached hydrogen (secondary N) is 1. The third kappa shape index (κ3) is 3.32. The van der Waals surface area contributed by atoms with Gasteiger partial charge in [-0.3, -0.25) is 4.79 Å². The number of allylic oxidation sites excluding steroid dienone is 2. The van der Waals surface area contributed by atoms with E-state index in [1.807, 2.05) is 19.9 Å². The maximum atomic E-state index is 12.6. The number of benzene rings is 1. The predicted octanol–water partition coefficient (Wildman–Crippen LogP) is 5.61. The minimum atomic E-state index is 0. The molecule has 0 saturated carbocycles. The molecule has 1 radical (unpaired) electrons. The van der Waals surface area contributed by atoms with Gasteiger partial charge in [-0.15, -0.1) is 17.0 Å². The van der Waals surface area contributed by atoms with Gasteiger partial charge in [-0.25, -0.2) is 0 Å². The van der Waals surface area contributed by atoms with Crippen LogP contribution in [-0.2, 0) is 6.42 Å². The molecule has 1 aromatic carbocycles. The Morgan fingerprint density at radius 2 is 1.91 bits per heavy atom. The van der Waals surface area contributed by atoms with E-state index in [1.54, 1.807) is 24.3 Å². The number of carbonyl (C=O) groups excluding carboxylic acids is 1. The molecule has 0 spiro atoms. The van der Waals surface area contributed by atoms with Gasteiger partial charge in [-0.1, -0.05) is 18.2 Å². The fourth-order valence-corrected chi connectivity index (χ4v) is 3.65. The molecule has 1 N–H and O–H groups in total. The van der Waals surface area contributed by atoms with Gasteiger partial charge in [0.2, 0.25) is 0 Å². The molecule has 1 aliphatic carbocycles. The molecule has 0 bridgehead atoms. The first-order chi connectivity index (χ1) is 10.1. The molecule has 3 nitrogen and oxygen atoms in total. The molecule has 1 aliphatic rings. The number of thiophene rings is 1. The maximum absolute atomic E-state index is 12.6. The fraction of sp³-hybridized carbons (Fsp3) is 0.235. The zero-order chi connectivity index (χ0) is 15.0.